The number of aryl methyl sites for hydroxylation is 3. The van der Waals surface area contributed by atoms with Gasteiger partial charge >= 0.3 is 0 Å². The van der Waals surface area contributed by atoms with Crippen LogP contribution >= 0.6 is 11.3 Å². The monoisotopic (exact) mass is 296 g/mol. The number of hydrogen-bond donors (Lipinski definition) is 1. The van der Waals surface area contributed by atoms with Crippen molar-refractivity contribution in [1.29, 1.82) is 0 Å². The maximum Gasteiger partial charge on any atom is 0.230 e. The summed E-state index contributed by atoms with van der Waals surface area (Å²) in [5.41, 5.74) is 11.5. The van der Waals surface area contributed by atoms with Crippen LogP contribution < -0.4 is 5.73 Å². The van der Waals surface area contributed by atoms with Gasteiger partial charge in [0.1, 0.15) is 5.69 Å². The van der Waals surface area contributed by atoms with Crippen LogP contribution in [0.15, 0.2) is 34.9 Å². The van der Waals surface area contributed by atoms with Gasteiger partial charge in [-0.15, -0.1) is 11.3 Å². The minimum absolute atomic E-state index is 0.391. The number of fused-ring (bicyclic) bond motifs is 1. The van der Waals surface area contributed by atoms with E-state index in [-0.39, 0.29) is 0 Å². The molecule has 0 bridgehead atoms. The molecule has 0 atom stereocenters. The molecule has 3 aromatic rings. The summed E-state index contributed by atoms with van der Waals surface area (Å²) in [4.78, 5) is 2.65. The van der Waals surface area contributed by atoms with Gasteiger partial charge in [0, 0.05) is 4.88 Å². The van der Waals surface area contributed by atoms with E-state index in [0.29, 0.717) is 5.88 Å². The number of aromatic nitrogens is 1. The number of nitrogens with zero attached hydrogens (tertiary/aromatic N) is 1. The van der Waals surface area contributed by atoms with E-state index in [0.717, 1.165) is 21.7 Å². The molecule has 0 amide bonds. The van der Waals surface area contributed by atoms with Crippen LogP contribution in [0.25, 0.3) is 21.7 Å². The molecule has 0 saturated carbocycles. The van der Waals surface area contributed by atoms with E-state index < -0.39 is 0 Å². The number of benzene rings is 1. The van der Waals surface area contributed by atoms with Crippen LogP contribution in [0.1, 0.15) is 22.4 Å². The fourth-order valence-corrected chi connectivity index (χ4v) is 4.16. The summed E-state index contributed by atoms with van der Waals surface area (Å²) < 4.78 is 5.27. The molecule has 21 heavy (non-hydrogen) atoms. The summed E-state index contributed by atoms with van der Waals surface area (Å²) in [6.45, 7) is 2.07. The predicted octanol–water partition coefficient (Wildman–Crippen LogP) is 4.45. The third-order valence-corrected chi connectivity index (χ3v) is 5.28. The van der Waals surface area contributed by atoms with Crippen LogP contribution in [0, 0.1) is 6.92 Å². The van der Waals surface area contributed by atoms with E-state index >= 15 is 0 Å². The second kappa shape index (κ2) is 4.74. The summed E-state index contributed by atoms with van der Waals surface area (Å²) in [6.07, 6.45) is 3.64. The van der Waals surface area contributed by atoms with Crippen LogP contribution in [0.2, 0.25) is 0 Å². The van der Waals surface area contributed by atoms with Gasteiger partial charge in [-0.3, -0.25) is 0 Å². The highest BCUT2D eigenvalue weighted by Gasteiger charge is 2.22. The molecular weight excluding hydrogens is 280 g/mol. The van der Waals surface area contributed by atoms with Gasteiger partial charge in [0.05, 0.1) is 10.4 Å². The number of nitrogens with two attached hydrogens (primary N) is 1. The number of nitrogen functional groups attached to an aromatic ring is 1. The lowest BCUT2D eigenvalue weighted by Gasteiger charge is -2.02. The van der Waals surface area contributed by atoms with Gasteiger partial charge in [0.25, 0.3) is 0 Å². The number of rotatable bonds is 2. The Balaban J connectivity index is 1.84. The molecule has 4 heteroatoms. The molecule has 1 aliphatic carbocycles. The minimum atomic E-state index is 0.391. The van der Waals surface area contributed by atoms with Crippen LogP contribution in [0.4, 0.5) is 5.88 Å². The fraction of sp³-hybridized carbons (Fsp3) is 0.235. The van der Waals surface area contributed by atoms with Crippen molar-refractivity contribution in [2.75, 3.05) is 5.73 Å². The third kappa shape index (κ3) is 2.07. The Labute approximate surface area is 127 Å². The molecule has 0 fully saturated rings. The SMILES string of the molecule is Cc1ccc(-c2c(-c3cc4c(s3)CCC4)noc2N)cc1. The van der Waals surface area contributed by atoms with Crippen molar-refractivity contribution in [1.82, 2.24) is 5.16 Å². The van der Waals surface area contributed by atoms with Crippen molar-refractivity contribution in [2.45, 2.75) is 26.2 Å². The average molecular weight is 296 g/mol. The molecule has 2 heterocycles. The smallest absolute Gasteiger partial charge is 0.230 e. The Morgan fingerprint density at radius 3 is 2.76 bits per heavy atom. The summed E-state index contributed by atoms with van der Waals surface area (Å²) >= 11 is 1.82. The molecule has 106 valence electrons. The van der Waals surface area contributed by atoms with E-state index in [9.17, 15) is 0 Å². The van der Waals surface area contributed by atoms with E-state index in [1.807, 2.05) is 11.3 Å². The minimum Gasteiger partial charge on any atom is -0.367 e. The molecule has 2 aromatic heterocycles. The standard InChI is InChI=1S/C17H16N2OS/c1-10-5-7-11(8-6-10)15-16(19-20-17(15)18)14-9-12-3-2-4-13(12)21-14/h5-9H,2-4,18H2,1H3. The van der Waals surface area contributed by atoms with Gasteiger partial charge < -0.3 is 10.3 Å². The van der Waals surface area contributed by atoms with E-state index in [1.54, 1.807) is 0 Å². The van der Waals surface area contributed by atoms with Crippen molar-refractivity contribution in [3.8, 4) is 21.7 Å². The molecule has 0 unspecified atom stereocenters. The van der Waals surface area contributed by atoms with Crippen molar-refractivity contribution >= 4 is 17.2 Å². The second-order valence-electron chi connectivity index (χ2n) is 5.55. The lowest BCUT2D eigenvalue weighted by Crippen LogP contribution is -1.87. The van der Waals surface area contributed by atoms with E-state index in [2.05, 4.69) is 42.4 Å². The number of hydrogen-bond acceptors (Lipinski definition) is 4. The fourth-order valence-electron chi connectivity index (χ4n) is 2.92. The molecule has 1 aliphatic rings. The number of anilines is 1. The Morgan fingerprint density at radius 1 is 1.19 bits per heavy atom. The maximum absolute atomic E-state index is 6.02. The van der Waals surface area contributed by atoms with Crippen molar-refractivity contribution in [3.63, 3.8) is 0 Å². The zero-order valence-corrected chi connectivity index (χ0v) is 12.7. The Kier molecular flexibility index (Phi) is 2.86. The molecule has 2 N–H and O–H groups in total. The van der Waals surface area contributed by atoms with Gasteiger partial charge in [-0.05, 0) is 43.4 Å². The molecule has 0 spiro atoms. The van der Waals surface area contributed by atoms with Gasteiger partial charge in [0.2, 0.25) is 5.88 Å². The van der Waals surface area contributed by atoms with Gasteiger partial charge in [0.15, 0.2) is 0 Å². The number of thiophene rings is 1. The first kappa shape index (κ1) is 12.7. The Bertz CT molecular complexity index is 777. The van der Waals surface area contributed by atoms with Crippen molar-refractivity contribution < 1.29 is 4.52 Å². The molecule has 4 rings (SSSR count). The lowest BCUT2D eigenvalue weighted by molar-refractivity contribution is 0.439. The first-order valence-corrected chi connectivity index (χ1v) is 7.98. The Hall–Kier alpha value is -2.07. The molecule has 0 radical (unpaired) electrons. The topological polar surface area (TPSA) is 52.0 Å². The normalized spacial score (nSPS) is 13.6. The molecule has 0 aliphatic heterocycles. The highest BCUT2D eigenvalue weighted by molar-refractivity contribution is 7.15. The first-order chi connectivity index (χ1) is 10.2. The molecular formula is C17H16N2OS. The van der Waals surface area contributed by atoms with Crippen LogP contribution in [0.3, 0.4) is 0 Å². The maximum atomic E-state index is 6.02. The predicted molar refractivity (Wildman–Crippen MR) is 86.4 cm³/mol. The van der Waals surface area contributed by atoms with Gasteiger partial charge in [-0.1, -0.05) is 35.0 Å². The summed E-state index contributed by atoms with van der Waals surface area (Å²) in [5, 5.41) is 4.21. The van der Waals surface area contributed by atoms with E-state index in [4.69, 9.17) is 10.3 Å². The molecule has 1 aromatic carbocycles. The van der Waals surface area contributed by atoms with Gasteiger partial charge in [-0.2, -0.15) is 0 Å². The average Bonchev–Trinajstić information content (AvgIpc) is 3.13. The van der Waals surface area contributed by atoms with Crippen LogP contribution in [0.5, 0.6) is 0 Å². The molecule has 3 nitrogen and oxygen atoms in total. The van der Waals surface area contributed by atoms with Crippen molar-refractivity contribution in [2.24, 2.45) is 0 Å². The third-order valence-electron chi connectivity index (χ3n) is 4.04. The quantitative estimate of drug-likeness (QED) is 0.760. The summed E-state index contributed by atoms with van der Waals surface area (Å²) in [5.74, 6) is 0.391. The first-order valence-electron chi connectivity index (χ1n) is 7.16. The summed E-state index contributed by atoms with van der Waals surface area (Å²) in [6, 6.07) is 10.6. The van der Waals surface area contributed by atoms with E-state index in [1.165, 1.54) is 35.3 Å². The highest BCUT2D eigenvalue weighted by Crippen LogP contribution is 2.42. The Morgan fingerprint density at radius 2 is 2.00 bits per heavy atom. The van der Waals surface area contributed by atoms with Crippen LogP contribution in [-0.2, 0) is 12.8 Å². The summed E-state index contributed by atoms with van der Waals surface area (Å²) in [7, 11) is 0. The van der Waals surface area contributed by atoms with Gasteiger partial charge in [-0.25, -0.2) is 0 Å². The largest absolute Gasteiger partial charge is 0.367 e. The second-order valence-corrected chi connectivity index (χ2v) is 6.69. The zero-order valence-electron chi connectivity index (χ0n) is 11.8. The highest BCUT2D eigenvalue weighted by atomic mass is 32.1. The molecule has 0 saturated heterocycles. The van der Waals surface area contributed by atoms with Crippen LogP contribution in [-0.4, -0.2) is 5.16 Å². The zero-order chi connectivity index (χ0) is 14.4. The van der Waals surface area contributed by atoms with Crippen molar-refractivity contribution in [3.05, 3.63) is 46.3 Å². The lowest BCUT2D eigenvalue weighted by atomic mass is 10.0.